The number of halogens is 1. The summed E-state index contributed by atoms with van der Waals surface area (Å²) in [5, 5.41) is 8.07. The average molecular weight is 330 g/mol. The Hall–Kier alpha value is -1.14. The van der Waals surface area contributed by atoms with Crippen molar-refractivity contribution >= 4 is 18.3 Å². The van der Waals surface area contributed by atoms with Gasteiger partial charge in [-0.3, -0.25) is 9.48 Å². The van der Waals surface area contributed by atoms with Crippen LogP contribution in [0.5, 0.6) is 0 Å². The van der Waals surface area contributed by atoms with Crippen molar-refractivity contribution in [3.05, 3.63) is 11.9 Å². The van der Waals surface area contributed by atoms with Crippen molar-refractivity contribution in [2.24, 2.45) is 17.6 Å². The van der Waals surface area contributed by atoms with Crippen LogP contribution < -0.4 is 5.73 Å². The first-order valence-corrected chi connectivity index (χ1v) is 7.92. The van der Waals surface area contributed by atoms with E-state index >= 15 is 0 Å². The maximum absolute atomic E-state index is 12.4. The summed E-state index contributed by atoms with van der Waals surface area (Å²) < 4.78 is 1.77. The number of aryl methyl sites for hydroxylation is 1. The van der Waals surface area contributed by atoms with E-state index in [-0.39, 0.29) is 24.4 Å². The molecule has 1 atom stereocenters. The third-order valence-electron chi connectivity index (χ3n) is 4.26. The smallest absolute Gasteiger partial charge is 0.276 e. The van der Waals surface area contributed by atoms with E-state index in [9.17, 15) is 4.79 Å². The fourth-order valence-corrected chi connectivity index (χ4v) is 2.69. The number of rotatable bonds is 5. The van der Waals surface area contributed by atoms with Crippen molar-refractivity contribution in [2.75, 3.05) is 13.1 Å². The van der Waals surface area contributed by atoms with Crippen molar-refractivity contribution in [2.45, 2.75) is 52.6 Å². The van der Waals surface area contributed by atoms with Crippen LogP contribution >= 0.6 is 12.4 Å². The minimum absolute atomic E-state index is 0. The van der Waals surface area contributed by atoms with E-state index in [2.05, 4.69) is 24.2 Å². The zero-order chi connectivity index (χ0) is 15.4. The zero-order valence-electron chi connectivity index (χ0n) is 13.7. The molecule has 0 radical (unpaired) electrons. The number of amides is 1. The Morgan fingerprint density at radius 1 is 1.36 bits per heavy atom. The second-order valence-electron chi connectivity index (χ2n) is 6.54. The van der Waals surface area contributed by atoms with Crippen molar-refractivity contribution < 1.29 is 4.79 Å². The second kappa shape index (κ2) is 8.48. The Morgan fingerprint density at radius 2 is 2.00 bits per heavy atom. The standard InChI is InChI=1S/C15H27N5O.ClH/c1-11(2)4-9-20-10-14(17-18-20)15(21)19-7-5-13(6-8-19)12(3)16;/h10-13H,4-9,16H2,1-3H3;1H. The van der Waals surface area contributed by atoms with Gasteiger partial charge in [-0.2, -0.15) is 0 Å². The van der Waals surface area contributed by atoms with Gasteiger partial charge >= 0.3 is 0 Å². The summed E-state index contributed by atoms with van der Waals surface area (Å²) >= 11 is 0. The number of carbonyl (C=O) groups is 1. The summed E-state index contributed by atoms with van der Waals surface area (Å²) in [6.45, 7) is 8.73. The molecule has 1 unspecified atom stereocenters. The quantitative estimate of drug-likeness (QED) is 0.895. The van der Waals surface area contributed by atoms with Crippen LogP contribution in [0, 0.1) is 11.8 Å². The van der Waals surface area contributed by atoms with E-state index in [1.807, 2.05) is 11.8 Å². The van der Waals surface area contributed by atoms with E-state index in [0.717, 1.165) is 38.9 Å². The number of hydrogen-bond donors (Lipinski definition) is 1. The summed E-state index contributed by atoms with van der Waals surface area (Å²) in [4.78, 5) is 14.3. The van der Waals surface area contributed by atoms with Crippen LogP contribution in [0.15, 0.2) is 6.20 Å². The van der Waals surface area contributed by atoms with Crippen LogP contribution in [0.1, 0.15) is 50.5 Å². The molecule has 2 rings (SSSR count). The van der Waals surface area contributed by atoms with Gasteiger partial charge in [0.15, 0.2) is 5.69 Å². The molecule has 2 N–H and O–H groups in total. The van der Waals surface area contributed by atoms with Crippen LogP contribution in [-0.4, -0.2) is 44.9 Å². The number of likely N-dealkylation sites (tertiary alicyclic amines) is 1. The van der Waals surface area contributed by atoms with Gasteiger partial charge in [0.05, 0.1) is 6.20 Å². The molecule has 1 aliphatic heterocycles. The lowest BCUT2D eigenvalue weighted by molar-refractivity contribution is 0.0675. The monoisotopic (exact) mass is 329 g/mol. The molecule has 7 heteroatoms. The predicted molar refractivity (Wildman–Crippen MR) is 89.0 cm³/mol. The minimum Gasteiger partial charge on any atom is -0.337 e. The Morgan fingerprint density at radius 3 is 2.55 bits per heavy atom. The summed E-state index contributed by atoms with van der Waals surface area (Å²) in [6.07, 6.45) is 4.76. The van der Waals surface area contributed by atoms with Crippen LogP contribution in [0.3, 0.4) is 0 Å². The van der Waals surface area contributed by atoms with E-state index in [1.54, 1.807) is 10.9 Å². The second-order valence-corrected chi connectivity index (χ2v) is 6.54. The molecular formula is C15H28ClN5O. The van der Waals surface area contributed by atoms with Gasteiger partial charge in [-0.05, 0) is 38.0 Å². The number of aromatic nitrogens is 3. The first-order valence-electron chi connectivity index (χ1n) is 7.92. The Labute approximate surface area is 138 Å². The lowest BCUT2D eigenvalue weighted by Crippen LogP contribution is -2.42. The molecule has 0 spiro atoms. The molecule has 1 saturated heterocycles. The molecule has 1 fully saturated rings. The van der Waals surface area contributed by atoms with Crippen molar-refractivity contribution in [3.63, 3.8) is 0 Å². The summed E-state index contributed by atoms with van der Waals surface area (Å²) in [5.74, 6) is 1.13. The molecule has 0 aromatic carbocycles. The Balaban J connectivity index is 0.00000242. The summed E-state index contributed by atoms with van der Waals surface area (Å²) in [7, 11) is 0. The molecule has 1 aromatic rings. The normalized spacial score (nSPS) is 17.4. The molecule has 22 heavy (non-hydrogen) atoms. The fraction of sp³-hybridized carbons (Fsp3) is 0.800. The third-order valence-corrected chi connectivity index (χ3v) is 4.26. The molecular weight excluding hydrogens is 302 g/mol. The molecule has 2 heterocycles. The van der Waals surface area contributed by atoms with Gasteiger partial charge in [-0.25, -0.2) is 0 Å². The van der Waals surface area contributed by atoms with E-state index in [4.69, 9.17) is 5.73 Å². The van der Waals surface area contributed by atoms with E-state index in [1.165, 1.54) is 0 Å². The van der Waals surface area contributed by atoms with Crippen LogP contribution in [0.4, 0.5) is 0 Å². The summed E-state index contributed by atoms with van der Waals surface area (Å²) in [6, 6.07) is 0.208. The minimum atomic E-state index is -0.00563. The van der Waals surface area contributed by atoms with Gasteiger partial charge in [0, 0.05) is 25.7 Å². The highest BCUT2D eigenvalue weighted by atomic mass is 35.5. The number of nitrogens with zero attached hydrogens (tertiary/aromatic N) is 4. The van der Waals surface area contributed by atoms with Gasteiger partial charge < -0.3 is 10.6 Å². The third kappa shape index (κ3) is 4.95. The van der Waals surface area contributed by atoms with Gasteiger partial charge in [-0.15, -0.1) is 17.5 Å². The molecule has 0 saturated carbocycles. The number of nitrogens with two attached hydrogens (primary N) is 1. The van der Waals surface area contributed by atoms with Gasteiger partial charge in [0.2, 0.25) is 0 Å². The molecule has 0 aliphatic carbocycles. The highest BCUT2D eigenvalue weighted by molar-refractivity contribution is 5.91. The largest absolute Gasteiger partial charge is 0.337 e. The van der Waals surface area contributed by atoms with Crippen molar-refractivity contribution in [1.29, 1.82) is 0 Å². The van der Waals surface area contributed by atoms with Gasteiger partial charge in [0.1, 0.15) is 0 Å². The Bertz CT molecular complexity index is 466. The summed E-state index contributed by atoms with van der Waals surface area (Å²) in [5.41, 5.74) is 6.39. The lowest BCUT2D eigenvalue weighted by atomic mass is 9.91. The Kier molecular flexibility index (Phi) is 7.29. The number of piperidine rings is 1. The molecule has 6 nitrogen and oxygen atoms in total. The molecule has 0 bridgehead atoms. The zero-order valence-corrected chi connectivity index (χ0v) is 14.6. The first kappa shape index (κ1) is 18.9. The van der Waals surface area contributed by atoms with E-state index < -0.39 is 0 Å². The molecule has 126 valence electrons. The first-order chi connectivity index (χ1) is 9.97. The maximum atomic E-state index is 12.4. The topological polar surface area (TPSA) is 77.0 Å². The van der Waals surface area contributed by atoms with Gasteiger partial charge in [0.25, 0.3) is 5.91 Å². The molecule has 1 aromatic heterocycles. The van der Waals surface area contributed by atoms with Crippen LogP contribution in [0.25, 0.3) is 0 Å². The van der Waals surface area contributed by atoms with Gasteiger partial charge in [-0.1, -0.05) is 19.1 Å². The van der Waals surface area contributed by atoms with Crippen molar-refractivity contribution in [3.8, 4) is 0 Å². The molecule has 1 aliphatic rings. The SMILES string of the molecule is CC(C)CCn1cc(C(=O)N2CCC(C(C)N)CC2)nn1.Cl. The van der Waals surface area contributed by atoms with E-state index in [0.29, 0.717) is 17.5 Å². The number of hydrogen-bond acceptors (Lipinski definition) is 4. The maximum Gasteiger partial charge on any atom is 0.276 e. The van der Waals surface area contributed by atoms with Crippen LogP contribution in [0.2, 0.25) is 0 Å². The fourth-order valence-electron chi connectivity index (χ4n) is 2.69. The van der Waals surface area contributed by atoms with Crippen LogP contribution in [-0.2, 0) is 6.54 Å². The highest BCUT2D eigenvalue weighted by Crippen LogP contribution is 2.20. The van der Waals surface area contributed by atoms with Crippen molar-refractivity contribution in [1.82, 2.24) is 19.9 Å². The molecule has 1 amide bonds. The number of carbonyl (C=O) groups excluding carboxylic acids is 1. The lowest BCUT2D eigenvalue weighted by Gasteiger charge is -2.33. The average Bonchev–Trinajstić information content (AvgIpc) is 2.93. The highest BCUT2D eigenvalue weighted by Gasteiger charge is 2.26. The predicted octanol–water partition coefficient (Wildman–Crippen LogP) is 1.95.